The molecule has 1 aliphatic rings. The fourth-order valence-electron chi connectivity index (χ4n) is 4.55. The standard InChI is InChI=1S/C30H19BrClF4IN2O4S/c1-2-42-28(41)23-24(15-7-9-19(32)10-8-15)39-27(40)22(44-29(39)38-26(23)30(34,35)36)12-17-11-18(31)13-21(37)25(17)43-14-16-5-3-4-6-20(16)33/h3-13,24H,2,14H2,1H3/b22-12-/t24-/m0/s1. The Labute approximate surface area is 278 Å². The zero-order chi connectivity index (χ0) is 31.8. The summed E-state index contributed by atoms with van der Waals surface area (Å²) in [4.78, 5) is 30.5. The number of alkyl halides is 3. The maximum absolute atomic E-state index is 14.4. The highest BCUT2D eigenvalue weighted by atomic mass is 127. The summed E-state index contributed by atoms with van der Waals surface area (Å²) in [6, 6.07) is 13.8. The van der Waals surface area contributed by atoms with Gasteiger partial charge in [-0.3, -0.25) is 9.36 Å². The van der Waals surface area contributed by atoms with Crippen LogP contribution in [0.4, 0.5) is 17.6 Å². The Morgan fingerprint density at radius 2 is 1.89 bits per heavy atom. The van der Waals surface area contributed by atoms with Gasteiger partial charge in [0, 0.05) is 20.6 Å². The maximum Gasteiger partial charge on any atom is 0.434 e. The van der Waals surface area contributed by atoms with Crippen molar-refractivity contribution in [1.29, 1.82) is 0 Å². The number of hydrogen-bond acceptors (Lipinski definition) is 6. The molecule has 228 valence electrons. The second kappa shape index (κ2) is 13.2. The van der Waals surface area contributed by atoms with E-state index in [1.54, 1.807) is 30.3 Å². The number of benzene rings is 3. The van der Waals surface area contributed by atoms with Gasteiger partial charge in [0.25, 0.3) is 5.56 Å². The third-order valence-electron chi connectivity index (χ3n) is 6.43. The number of esters is 1. The Bertz CT molecular complexity index is 1980. The number of ether oxygens (including phenoxy) is 2. The Morgan fingerprint density at radius 3 is 2.55 bits per heavy atom. The first-order chi connectivity index (χ1) is 20.9. The SMILES string of the molecule is CCOC(=O)C1=C(C(F)(F)F)N=c2s/c(=C\c3cc(Br)cc(I)c3OCc3ccccc3F)c(=O)n2[C@H]1c1ccc(Cl)cc1. The molecule has 44 heavy (non-hydrogen) atoms. The van der Waals surface area contributed by atoms with Crippen molar-refractivity contribution in [2.45, 2.75) is 25.7 Å². The van der Waals surface area contributed by atoms with Crippen LogP contribution in [-0.4, -0.2) is 23.3 Å². The highest BCUT2D eigenvalue weighted by molar-refractivity contribution is 14.1. The summed E-state index contributed by atoms with van der Waals surface area (Å²) in [6.45, 7) is 1.16. The Hall–Kier alpha value is -3.01. The number of allylic oxidation sites excluding steroid dienone is 1. The molecule has 5 rings (SSSR count). The van der Waals surface area contributed by atoms with Gasteiger partial charge >= 0.3 is 12.1 Å². The van der Waals surface area contributed by atoms with Gasteiger partial charge in [0.05, 0.1) is 26.3 Å². The van der Waals surface area contributed by atoms with Gasteiger partial charge in [-0.05, 0) is 71.5 Å². The minimum atomic E-state index is -5.03. The van der Waals surface area contributed by atoms with Crippen molar-refractivity contribution in [3.8, 4) is 5.75 Å². The van der Waals surface area contributed by atoms with Gasteiger partial charge in [-0.25, -0.2) is 14.2 Å². The first-order valence-electron chi connectivity index (χ1n) is 12.8. The molecule has 0 unspecified atom stereocenters. The Kier molecular flexibility index (Phi) is 9.68. The van der Waals surface area contributed by atoms with Crippen LogP contribution in [0.5, 0.6) is 5.75 Å². The van der Waals surface area contributed by atoms with Crippen molar-refractivity contribution in [3.63, 3.8) is 0 Å². The Balaban J connectivity index is 1.72. The molecule has 3 aromatic carbocycles. The molecular formula is C30H19BrClF4IN2O4S. The monoisotopic (exact) mass is 820 g/mol. The minimum Gasteiger partial charge on any atom is -0.487 e. The molecule has 14 heteroatoms. The lowest BCUT2D eigenvalue weighted by Gasteiger charge is -2.26. The van der Waals surface area contributed by atoms with E-state index >= 15 is 0 Å². The van der Waals surface area contributed by atoms with Crippen LogP contribution in [-0.2, 0) is 16.1 Å². The molecule has 0 bridgehead atoms. The fourth-order valence-corrected chi connectivity index (χ4v) is 7.37. The smallest absolute Gasteiger partial charge is 0.434 e. The molecule has 0 aliphatic carbocycles. The van der Waals surface area contributed by atoms with Crippen LogP contribution in [0.1, 0.15) is 29.7 Å². The summed E-state index contributed by atoms with van der Waals surface area (Å²) >= 11 is 12.2. The van der Waals surface area contributed by atoms with Gasteiger partial charge < -0.3 is 9.47 Å². The van der Waals surface area contributed by atoms with Crippen molar-refractivity contribution >= 4 is 73.5 Å². The van der Waals surface area contributed by atoms with Gasteiger partial charge in [-0.15, -0.1) is 0 Å². The molecule has 0 saturated carbocycles. The van der Waals surface area contributed by atoms with Crippen molar-refractivity contribution in [2.75, 3.05) is 6.61 Å². The highest BCUT2D eigenvalue weighted by Gasteiger charge is 2.45. The van der Waals surface area contributed by atoms with E-state index in [0.29, 0.717) is 29.9 Å². The minimum absolute atomic E-state index is 0.0268. The second-order valence-corrected chi connectivity index (χ2v) is 12.8. The van der Waals surface area contributed by atoms with Gasteiger partial charge in [0.1, 0.15) is 18.2 Å². The summed E-state index contributed by atoms with van der Waals surface area (Å²) < 4.78 is 70.7. The molecule has 4 aromatic rings. The molecule has 0 radical (unpaired) electrons. The molecule has 0 amide bonds. The van der Waals surface area contributed by atoms with E-state index in [1.807, 2.05) is 22.6 Å². The van der Waals surface area contributed by atoms with Crippen molar-refractivity contribution in [1.82, 2.24) is 4.57 Å². The number of hydrogen-bond donors (Lipinski definition) is 0. The van der Waals surface area contributed by atoms with Gasteiger partial charge in [0.2, 0.25) is 0 Å². The summed E-state index contributed by atoms with van der Waals surface area (Å²) in [5.41, 5.74) is -2.03. The van der Waals surface area contributed by atoms with Gasteiger partial charge in [-0.1, -0.05) is 69.2 Å². The van der Waals surface area contributed by atoms with E-state index in [4.69, 9.17) is 21.1 Å². The van der Waals surface area contributed by atoms with Crippen molar-refractivity contribution in [3.05, 3.63) is 127 Å². The number of nitrogens with zero attached hydrogens (tertiary/aromatic N) is 2. The van der Waals surface area contributed by atoms with Crippen LogP contribution in [0.25, 0.3) is 6.08 Å². The lowest BCUT2D eigenvalue weighted by molar-refractivity contribution is -0.140. The number of aromatic nitrogens is 1. The number of carbonyl (C=O) groups is 1. The molecule has 1 aliphatic heterocycles. The molecular weight excluding hydrogens is 803 g/mol. The number of rotatable bonds is 7. The molecule has 0 saturated heterocycles. The molecule has 6 nitrogen and oxygen atoms in total. The summed E-state index contributed by atoms with van der Waals surface area (Å²) in [7, 11) is 0. The third kappa shape index (κ3) is 6.65. The average Bonchev–Trinajstić information content (AvgIpc) is 3.27. The average molecular weight is 822 g/mol. The van der Waals surface area contributed by atoms with E-state index in [-0.39, 0.29) is 28.1 Å². The summed E-state index contributed by atoms with van der Waals surface area (Å²) in [5, 5.41) is 0.311. The van der Waals surface area contributed by atoms with E-state index < -0.39 is 40.8 Å². The van der Waals surface area contributed by atoms with E-state index in [2.05, 4.69) is 20.9 Å². The van der Waals surface area contributed by atoms with Crippen molar-refractivity contribution < 1.29 is 31.8 Å². The molecule has 0 N–H and O–H groups in total. The highest BCUT2D eigenvalue weighted by Crippen LogP contribution is 2.38. The number of halogens is 7. The van der Waals surface area contributed by atoms with Crippen LogP contribution < -0.4 is 19.6 Å². The molecule has 0 spiro atoms. The van der Waals surface area contributed by atoms with Crippen LogP contribution >= 0.6 is 61.5 Å². The van der Waals surface area contributed by atoms with Crippen LogP contribution in [0.15, 0.2) is 86.2 Å². The largest absolute Gasteiger partial charge is 0.487 e. The quantitative estimate of drug-likeness (QED) is 0.114. The first kappa shape index (κ1) is 32.4. The topological polar surface area (TPSA) is 69.9 Å². The van der Waals surface area contributed by atoms with Crippen LogP contribution in [0.2, 0.25) is 5.02 Å². The summed E-state index contributed by atoms with van der Waals surface area (Å²) in [5.74, 6) is -1.36. The number of fused-ring (bicyclic) bond motifs is 1. The molecule has 1 atom stereocenters. The molecule has 1 aromatic heterocycles. The van der Waals surface area contributed by atoms with E-state index in [0.717, 1.165) is 15.9 Å². The lowest BCUT2D eigenvalue weighted by atomic mass is 9.95. The van der Waals surface area contributed by atoms with E-state index in [1.165, 1.54) is 43.3 Å². The fraction of sp³-hybridized carbons (Fsp3) is 0.167. The third-order valence-corrected chi connectivity index (χ3v) is 8.93. The normalized spacial score (nSPS) is 15.2. The predicted molar refractivity (Wildman–Crippen MR) is 170 cm³/mol. The van der Waals surface area contributed by atoms with Gasteiger partial charge in [0.15, 0.2) is 10.5 Å². The zero-order valence-electron chi connectivity index (χ0n) is 22.4. The van der Waals surface area contributed by atoms with E-state index in [9.17, 15) is 27.2 Å². The maximum atomic E-state index is 14.4. The lowest BCUT2D eigenvalue weighted by Crippen LogP contribution is -2.41. The first-order valence-corrected chi connectivity index (χ1v) is 15.9. The summed E-state index contributed by atoms with van der Waals surface area (Å²) in [6.07, 6.45) is -3.57. The van der Waals surface area contributed by atoms with Crippen LogP contribution in [0.3, 0.4) is 0 Å². The predicted octanol–water partition coefficient (Wildman–Crippen LogP) is 7.08. The number of carbonyl (C=O) groups excluding carboxylic acids is 1. The second-order valence-electron chi connectivity index (χ2n) is 9.30. The zero-order valence-corrected chi connectivity index (χ0v) is 27.7. The Morgan fingerprint density at radius 1 is 1.18 bits per heavy atom. The van der Waals surface area contributed by atoms with Crippen molar-refractivity contribution in [2.24, 2.45) is 4.99 Å². The van der Waals surface area contributed by atoms with Gasteiger partial charge in [-0.2, -0.15) is 13.2 Å². The molecule has 0 fully saturated rings. The van der Waals surface area contributed by atoms with Crippen LogP contribution in [0, 0.1) is 9.39 Å². The number of thiazole rings is 1. The molecule has 2 heterocycles.